The van der Waals surface area contributed by atoms with E-state index in [4.69, 9.17) is 14.6 Å². The van der Waals surface area contributed by atoms with Crippen molar-refractivity contribution < 1.29 is 19.4 Å². The minimum Gasteiger partial charge on any atom is -0.496 e. The summed E-state index contributed by atoms with van der Waals surface area (Å²) in [6.45, 7) is 3.88. The molecule has 0 fully saturated rings. The Bertz CT molecular complexity index is 622. The normalized spacial score (nSPS) is 10.7. The maximum absolute atomic E-state index is 11.0. The molecule has 1 aromatic heterocycles. The second-order valence-corrected chi connectivity index (χ2v) is 4.36. The first-order chi connectivity index (χ1) is 9.01. The molecule has 2 rings (SSSR count). The number of hydrogen-bond donors (Lipinski definition) is 1. The summed E-state index contributed by atoms with van der Waals surface area (Å²) in [6.07, 6.45) is 0.0645. The number of benzene rings is 1. The van der Waals surface area contributed by atoms with Crippen molar-refractivity contribution in [3.8, 4) is 11.5 Å². The standard InChI is InChI=1S/C14H15NO4/c1-8(2)19-9-4-5-11-10(6-9)13(18-3)7-12(15-11)14(16)17/h4-8H,1-3H3,(H,16,17). The van der Waals surface area contributed by atoms with Gasteiger partial charge < -0.3 is 14.6 Å². The van der Waals surface area contributed by atoms with Gasteiger partial charge in [0.05, 0.1) is 18.7 Å². The zero-order chi connectivity index (χ0) is 14.0. The Morgan fingerprint density at radius 3 is 2.63 bits per heavy atom. The third-order valence-corrected chi connectivity index (χ3v) is 2.55. The molecule has 5 heteroatoms. The molecule has 0 atom stereocenters. The number of fused-ring (bicyclic) bond motifs is 1. The first kappa shape index (κ1) is 13.1. The van der Waals surface area contributed by atoms with Gasteiger partial charge in [0.15, 0.2) is 5.69 Å². The lowest BCUT2D eigenvalue weighted by molar-refractivity contribution is 0.0690. The zero-order valence-electron chi connectivity index (χ0n) is 11.0. The molecule has 0 saturated heterocycles. The minimum absolute atomic E-state index is 0.0399. The van der Waals surface area contributed by atoms with Crippen LogP contribution in [0, 0.1) is 0 Å². The highest BCUT2D eigenvalue weighted by Crippen LogP contribution is 2.29. The first-order valence-electron chi connectivity index (χ1n) is 5.90. The van der Waals surface area contributed by atoms with E-state index in [1.54, 1.807) is 18.2 Å². The van der Waals surface area contributed by atoms with Gasteiger partial charge >= 0.3 is 5.97 Å². The molecular formula is C14H15NO4. The molecule has 5 nitrogen and oxygen atoms in total. The number of ether oxygens (including phenoxy) is 2. The molecular weight excluding hydrogens is 246 g/mol. The molecule has 1 aromatic carbocycles. The second-order valence-electron chi connectivity index (χ2n) is 4.36. The van der Waals surface area contributed by atoms with Crippen molar-refractivity contribution in [2.45, 2.75) is 20.0 Å². The van der Waals surface area contributed by atoms with Gasteiger partial charge in [-0.3, -0.25) is 0 Å². The van der Waals surface area contributed by atoms with Crippen molar-refractivity contribution in [2.24, 2.45) is 0 Å². The van der Waals surface area contributed by atoms with Crippen LogP contribution in [0.2, 0.25) is 0 Å². The van der Waals surface area contributed by atoms with Gasteiger partial charge in [0, 0.05) is 11.5 Å². The van der Waals surface area contributed by atoms with Crippen LogP contribution in [0.15, 0.2) is 24.3 Å². The van der Waals surface area contributed by atoms with Crippen molar-refractivity contribution in [2.75, 3.05) is 7.11 Å². The molecule has 1 N–H and O–H groups in total. The summed E-state index contributed by atoms with van der Waals surface area (Å²) in [5.74, 6) is 0.0880. The molecule has 100 valence electrons. The maximum atomic E-state index is 11.0. The summed E-state index contributed by atoms with van der Waals surface area (Å²) >= 11 is 0. The third kappa shape index (κ3) is 2.76. The topological polar surface area (TPSA) is 68.7 Å². The fourth-order valence-corrected chi connectivity index (χ4v) is 1.80. The summed E-state index contributed by atoms with van der Waals surface area (Å²) in [5.41, 5.74) is 0.523. The Labute approximate surface area is 110 Å². The van der Waals surface area contributed by atoms with Crippen LogP contribution >= 0.6 is 0 Å². The number of carboxylic acid groups (broad SMARTS) is 1. The smallest absolute Gasteiger partial charge is 0.354 e. The fourth-order valence-electron chi connectivity index (χ4n) is 1.80. The molecule has 19 heavy (non-hydrogen) atoms. The highest BCUT2D eigenvalue weighted by atomic mass is 16.5. The molecule has 0 radical (unpaired) electrons. The van der Waals surface area contributed by atoms with E-state index in [1.165, 1.54) is 13.2 Å². The van der Waals surface area contributed by atoms with Gasteiger partial charge in [-0.05, 0) is 32.0 Å². The van der Waals surface area contributed by atoms with Gasteiger partial charge in [-0.15, -0.1) is 0 Å². The van der Waals surface area contributed by atoms with Crippen LogP contribution in [0.25, 0.3) is 10.9 Å². The highest BCUT2D eigenvalue weighted by Gasteiger charge is 2.12. The number of carbonyl (C=O) groups is 1. The van der Waals surface area contributed by atoms with E-state index < -0.39 is 5.97 Å². The van der Waals surface area contributed by atoms with Crippen LogP contribution in [-0.2, 0) is 0 Å². The summed E-state index contributed by atoms with van der Waals surface area (Å²) in [6, 6.07) is 6.69. The molecule has 0 aliphatic carbocycles. The fraction of sp³-hybridized carbons (Fsp3) is 0.286. The largest absolute Gasteiger partial charge is 0.496 e. The number of hydrogen-bond acceptors (Lipinski definition) is 4. The van der Waals surface area contributed by atoms with E-state index in [1.807, 2.05) is 13.8 Å². The maximum Gasteiger partial charge on any atom is 0.354 e. The van der Waals surface area contributed by atoms with Gasteiger partial charge in [-0.25, -0.2) is 9.78 Å². The Morgan fingerprint density at radius 2 is 2.05 bits per heavy atom. The Kier molecular flexibility index (Phi) is 3.55. The molecule has 0 saturated carbocycles. The van der Waals surface area contributed by atoms with Crippen LogP contribution in [0.3, 0.4) is 0 Å². The summed E-state index contributed by atoms with van der Waals surface area (Å²) in [7, 11) is 1.50. The zero-order valence-corrected chi connectivity index (χ0v) is 11.0. The van der Waals surface area contributed by atoms with E-state index >= 15 is 0 Å². The number of methoxy groups -OCH3 is 1. The average Bonchev–Trinajstić information content (AvgIpc) is 2.36. The average molecular weight is 261 g/mol. The monoisotopic (exact) mass is 261 g/mol. The lowest BCUT2D eigenvalue weighted by Gasteiger charge is -2.12. The van der Waals surface area contributed by atoms with Crippen molar-refractivity contribution in [1.82, 2.24) is 4.98 Å². The first-order valence-corrected chi connectivity index (χ1v) is 5.90. The van der Waals surface area contributed by atoms with Gasteiger partial charge in [0.2, 0.25) is 0 Å². The number of nitrogens with zero attached hydrogens (tertiary/aromatic N) is 1. The van der Waals surface area contributed by atoms with Gasteiger partial charge in [-0.2, -0.15) is 0 Å². The van der Waals surface area contributed by atoms with Crippen LogP contribution in [0.1, 0.15) is 24.3 Å². The molecule has 0 bridgehead atoms. The van der Waals surface area contributed by atoms with Crippen molar-refractivity contribution in [1.29, 1.82) is 0 Å². The minimum atomic E-state index is -1.08. The summed E-state index contributed by atoms with van der Waals surface area (Å²) in [5, 5.41) is 9.72. The van der Waals surface area contributed by atoms with Crippen molar-refractivity contribution >= 4 is 16.9 Å². The number of aromatic carboxylic acids is 1. The van der Waals surface area contributed by atoms with Gasteiger partial charge in [-0.1, -0.05) is 0 Å². The van der Waals surface area contributed by atoms with E-state index in [-0.39, 0.29) is 11.8 Å². The van der Waals surface area contributed by atoms with Gasteiger partial charge in [0.1, 0.15) is 11.5 Å². The summed E-state index contributed by atoms with van der Waals surface area (Å²) < 4.78 is 10.8. The molecule has 0 spiro atoms. The molecule has 0 amide bonds. The molecule has 0 unspecified atom stereocenters. The Morgan fingerprint density at radius 1 is 1.32 bits per heavy atom. The highest BCUT2D eigenvalue weighted by molar-refractivity contribution is 5.93. The second kappa shape index (κ2) is 5.14. The van der Waals surface area contributed by atoms with E-state index in [9.17, 15) is 4.79 Å². The van der Waals surface area contributed by atoms with E-state index in [2.05, 4.69) is 4.98 Å². The SMILES string of the molecule is COc1cc(C(=O)O)nc2ccc(OC(C)C)cc12. The van der Waals surface area contributed by atoms with Crippen molar-refractivity contribution in [3.05, 3.63) is 30.0 Å². The molecule has 0 aliphatic rings. The molecule has 0 aliphatic heterocycles. The van der Waals surface area contributed by atoms with Crippen LogP contribution < -0.4 is 9.47 Å². The lowest BCUT2D eigenvalue weighted by Crippen LogP contribution is -2.06. The quantitative estimate of drug-likeness (QED) is 0.916. The predicted octanol–water partition coefficient (Wildman–Crippen LogP) is 2.73. The molecule has 1 heterocycles. The van der Waals surface area contributed by atoms with Crippen LogP contribution in [-0.4, -0.2) is 29.3 Å². The Hall–Kier alpha value is -2.30. The van der Waals surface area contributed by atoms with Crippen molar-refractivity contribution in [3.63, 3.8) is 0 Å². The summed E-state index contributed by atoms with van der Waals surface area (Å²) in [4.78, 5) is 15.1. The van der Waals surface area contributed by atoms with Crippen LogP contribution in [0.5, 0.6) is 11.5 Å². The Balaban J connectivity index is 2.58. The predicted molar refractivity (Wildman–Crippen MR) is 71.0 cm³/mol. The molecule has 2 aromatic rings. The lowest BCUT2D eigenvalue weighted by atomic mass is 10.1. The number of carboxylic acids is 1. The number of rotatable bonds is 4. The number of pyridine rings is 1. The van der Waals surface area contributed by atoms with Gasteiger partial charge in [0.25, 0.3) is 0 Å². The van der Waals surface area contributed by atoms with E-state index in [0.29, 0.717) is 17.0 Å². The third-order valence-electron chi connectivity index (χ3n) is 2.55. The number of aromatic nitrogens is 1. The van der Waals surface area contributed by atoms with Crippen LogP contribution in [0.4, 0.5) is 0 Å². The van der Waals surface area contributed by atoms with E-state index in [0.717, 1.165) is 5.39 Å².